The Kier molecular flexibility index (Phi) is 5.05. The number of hydrogen-bond donors (Lipinski definition) is 2. The summed E-state index contributed by atoms with van der Waals surface area (Å²) in [4.78, 5) is 4.30. The Balaban J connectivity index is 2.62. The summed E-state index contributed by atoms with van der Waals surface area (Å²) in [5.74, 6) is 1.59. The highest BCUT2D eigenvalue weighted by molar-refractivity contribution is 5.38. The van der Waals surface area contributed by atoms with E-state index in [4.69, 9.17) is 9.84 Å². The zero-order valence-corrected chi connectivity index (χ0v) is 10.1. The molecule has 1 aromatic rings. The van der Waals surface area contributed by atoms with E-state index in [9.17, 15) is 0 Å². The molecular formula is C12H20N2O2. The number of aliphatic hydroxyl groups excluding tert-OH is 1. The minimum atomic E-state index is 0.166. The van der Waals surface area contributed by atoms with Gasteiger partial charge in [0.05, 0.1) is 6.61 Å². The van der Waals surface area contributed by atoms with Gasteiger partial charge in [-0.25, -0.2) is 0 Å². The van der Waals surface area contributed by atoms with Crippen molar-refractivity contribution in [3.63, 3.8) is 0 Å². The van der Waals surface area contributed by atoms with Crippen molar-refractivity contribution in [2.45, 2.75) is 26.8 Å². The van der Waals surface area contributed by atoms with Gasteiger partial charge in [0.2, 0.25) is 5.88 Å². The lowest BCUT2D eigenvalue weighted by atomic mass is 10.1. The summed E-state index contributed by atoms with van der Waals surface area (Å²) in [6, 6.07) is 5.79. The van der Waals surface area contributed by atoms with E-state index in [-0.39, 0.29) is 18.6 Å². The summed E-state index contributed by atoms with van der Waals surface area (Å²) in [5.41, 5.74) is 0. The third kappa shape index (κ3) is 3.70. The number of anilines is 1. The second kappa shape index (κ2) is 6.33. The summed E-state index contributed by atoms with van der Waals surface area (Å²) >= 11 is 0. The molecule has 2 N–H and O–H groups in total. The molecule has 0 amide bonds. The van der Waals surface area contributed by atoms with Gasteiger partial charge in [-0.05, 0) is 25.8 Å². The lowest BCUT2D eigenvalue weighted by Gasteiger charge is -2.19. The van der Waals surface area contributed by atoms with E-state index in [1.54, 1.807) is 0 Å². The predicted octanol–water partition coefficient (Wildman–Crippen LogP) is 1.91. The largest absolute Gasteiger partial charge is 0.478 e. The Morgan fingerprint density at radius 3 is 2.81 bits per heavy atom. The maximum absolute atomic E-state index is 9.04. The lowest BCUT2D eigenvalue weighted by Crippen LogP contribution is -2.26. The van der Waals surface area contributed by atoms with Crippen LogP contribution in [0.3, 0.4) is 0 Å². The van der Waals surface area contributed by atoms with E-state index in [1.165, 1.54) is 0 Å². The molecule has 1 aromatic heterocycles. The van der Waals surface area contributed by atoms with Crippen LogP contribution in [-0.2, 0) is 0 Å². The Morgan fingerprint density at radius 2 is 2.19 bits per heavy atom. The molecule has 0 saturated heterocycles. The van der Waals surface area contributed by atoms with Gasteiger partial charge in [-0.2, -0.15) is 4.98 Å². The van der Waals surface area contributed by atoms with Crippen molar-refractivity contribution in [3.8, 4) is 5.88 Å². The van der Waals surface area contributed by atoms with Gasteiger partial charge in [-0.3, -0.25) is 0 Å². The molecule has 0 fully saturated rings. The van der Waals surface area contributed by atoms with Crippen LogP contribution in [-0.4, -0.2) is 29.3 Å². The second-order valence-corrected chi connectivity index (χ2v) is 3.89. The summed E-state index contributed by atoms with van der Waals surface area (Å²) in [6.07, 6.45) is 0. The Hall–Kier alpha value is -1.29. The minimum absolute atomic E-state index is 0.166. The molecule has 4 nitrogen and oxygen atoms in total. The molecule has 0 aliphatic carbocycles. The van der Waals surface area contributed by atoms with Crippen molar-refractivity contribution in [1.29, 1.82) is 0 Å². The van der Waals surface area contributed by atoms with Gasteiger partial charge >= 0.3 is 0 Å². The van der Waals surface area contributed by atoms with Gasteiger partial charge < -0.3 is 15.2 Å². The Labute approximate surface area is 96.7 Å². The average Bonchev–Trinajstić information content (AvgIpc) is 2.29. The highest BCUT2D eigenvalue weighted by Crippen LogP contribution is 2.14. The van der Waals surface area contributed by atoms with E-state index < -0.39 is 0 Å². The molecule has 1 heterocycles. The van der Waals surface area contributed by atoms with Gasteiger partial charge in [-0.1, -0.05) is 13.0 Å². The smallest absolute Gasteiger partial charge is 0.215 e. The molecule has 90 valence electrons. The molecular weight excluding hydrogens is 204 g/mol. The number of aromatic nitrogens is 1. The van der Waals surface area contributed by atoms with E-state index in [2.05, 4.69) is 10.3 Å². The number of nitrogens with one attached hydrogen (secondary N) is 1. The predicted molar refractivity (Wildman–Crippen MR) is 64.7 cm³/mol. The standard InChI is InChI=1S/C12H20N2O2/c1-4-16-12-7-5-6-11(14-12)13-10(3)9(2)8-15/h5-7,9-10,15H,4,8H2,1-3H3,(H,13,14). The van der Waals surface area contributed by atoms with Crippen molar-refractivity contribution in [3.05, 3.63) is 18.2 Å². The number of aliphatic hydroxyl groups is 1. The molecule has 4 heteroatoms. The quantitative estimate of drug-likeness (QED) is 0.775. The number of pyridine rings is 1. The fourth-order valence-corrected chi connectivity index (χ4v) is 1.26. The van der Waals surface area contributed by atoms with Crippen LogP contribution in [0.5, 0.6) is 5.88 Å². The fraction of sp³-hybridized carbons (Fsp3) is 0.583. The van der Waals surface area contributed by atoms with E-state index >= 15 is 0 Å². The molecule has 2 atom stereocenters. The van der Waals surface area contributed by atoms with Crippen LogP contribution >= 0.6 is 0 Å². The normalized spacial score (nSPS) is 14.2. The first-order chi connectivity index (χ1) is 7.67. The Morgan fingerprint density at radius 1 is 1.44 bits per heavy atom. The highest BCUT2D eigenvalue weighted by atomic mass is 16.5. The van der Waals surface area contributed by atoms with Gasteiger partial charge in [0, 0.05) is 18.7 Å². The third-order valence-electron chi connectivity index (χ3n) is 2.53. The fourth-order valence-electron chi connectivity index (χ4n) is 1.26. The maximum atomic E-state index is 9.04. The zero-order chi connectivity index (χ0) is 12.0. The molecule has 0 aromatic carbocycles. The number of nitrogens with zero attached hydrogens (tertiary/aromatic N) is 1. The molecule has 0 bridgehead atoms. The van der Waals surface area contributed by atoms with Crippen LogP contribution < -0.4 is 10.1 Å². The second-order valence-electron chi connectivity index (χ2n) is 3.89. The first kappa shape index (κ1) is 12.8. The van der Waals surface area contributed by atoms with Crippen molar-refractivity contribution in [2.24, 2.45) is 5.92 Å². The van der Waals surface area contributed by atoms with Crippen LogP contribution in [0.2, 0.25) is 0 Å². The minimum Gasteiger partial charge on any atom is -0.478 e. The van der Waals surface area contributed by atoms with Gasteiger partial charge in [0.15, 0.2) is 0 Å². The van der Waals surface area contributed by atoms with Crippen LogP contribution in [0.1, 0.15) is 20.8 Å². The molecule has 0 saturated carbocycles. The number of hydrogen-bond acceptors (Lipinski definition) is 4. The molecule has 0 aliphatic heterocycles. The third-order valence-corrected chi connectivity index (χ3v) is 2.53. The highest BCUT2D eigenvalue weighted by Gasteiger charge is 2.11. The van der Waals surface area contributed by atoms with Crippen LogP contribution in [0.25, 0.3) is 0 Å². The van der Waals surface area contributed by atoms with Crippen molar-refractivity contribution < 1.29 is 9.84 Å². The Bertz CT molecular complexity index is 318. The summed E-state index contributed by atoms with van der Waals surface area (Å²) in [5, 5.41) is 12.3. The molecule has 16 heavy (non-hydrogen) atoms. The molecule has 2 unspecified atom stereocenters. The number of ether oxygens (including phenoxy) is 1. The summed E-state index contributed by atoms with van der Waals surface area (Å²) in [7, 11) is 0. The zero-order valence-electron chi connectivity index (χ0n) is 10.1. The van der Waals surface area contributed by atoms with Crippen LogP contribution in [0.4, 0.5) is 5.82 Å². The molecule has 0 aliphatic rings. The van der Waals surface area contributed by atoms with Crippen molar-refractivity contribution >= 4 is 5.82 Å². The number of rotatable bonds is 6. The summed E-state index contributed by atoms with van der Waals surface area (Å²) in [6.45, 7) is 6.72. The molecule has 1 rings (SSSR count). The van der Waals surface area contributed by atoms with E-state index in [1.807, 2.05) is 39.0 Å². The first-order valence-corrected chi connectivity index (χ1v) is 5.64. The van der Waals surface area contributed by atoms with Crippen LogP contribution in [0.15, 0.2) is 18.2 Å². The van der Waals surface area contributed by atoms with Crippen molar-refractivity contribution in [1.82, 2.24) is 4.98 Å². The lowest BCUT2D eigenvalue weighted by molar-refractivity contribution is 0.226. The topological polar surface area (TPSA) is 54.4 Å². The maximum Gasteiger partial charge on any atom is 0.215 e. The van der Waals surface area contributed by atoms with Crippen molar-refractivity contribution in [2.75, 3.05) is 18.5 Å². The molecule has 0 spiro atoms. The van der Waals surface area contributed by atoms with E-state index in [0.717, 1.165) is 5.82 Å². The van der Waals surface area contributed by atoms with Gasteiger partial charge in [0.1, 0.15) is 5.82 Å². The van der Waals surface area contributed by atoms with E-state index in [0.29, 0.717) is 12.5 Å². The monoisotopic (exact) mass is 224 g/mol. The van der Waals surface area contributed by atoms with Gasteiger partial charge in [0.25, 0.3) is 0 Å². The first-order valence-electron chi connectivity index (χ1n) is 5.64. The van der Waals surface area contributed by atoms with Crippen LogP contribution in [0, 0.1) is 5.92 Å². The van der Waals surface area contributed by atoms with Gasteiger partial charge in [-0.15, -0.1) is 0 Å². The molecule has 0 radical (unpaired) electrons. The summed E-state index contributed by atoms with van der Waals surface area (Å²) < 4.78 is 5.31. The SMILES string of the molecule is CCOc1cccc(NC(C)C(C)CO)n1. The average molecular weight is 224 g/mol.